The minimum atomic E-state index is -0.147. The summed E-state index contributed by atoms with van der Waals surface area (Å²) in [6.45, 7) is 0.784. The highest BCUT2D eigenvalue weighted by molar-refractivity contribution is 5.99. The normalized spacial score (nSPS) is 10.1. The van der Waals surface area contributed by atoms with Crippen LogP contribution < -0.4 is 10.1 Å². The fourth-order valence-electron chi connectivity index (χ4n) is 2.58. The van der Waals surface area contributed by atoms with Crippen molar-refractivity contribution in [2.75, 3.05) is 13.2 Å². The van der Waals surface area contributed by atoms with Crippen LogP contribution in [-0.4, -0.2) is 29.3 Å². The molecule has 0 radical (unpaired) electrons. The molecule has 1 amide bonds. The molecule has 26 heavy (non-hydrogen) atoms. The SMILES string of the molecule is C#CCOc1ccc(CCNC(=O)c2cn[nH]c2-c2ccccc2)cc1. The van der Waals surface area contributed by atoms with Gasteiger partial charge < -0.3 is 10.1 Å². The zero-order valence-corrected chi connectivity index (χ0v) is 14.2. The summed E-state index contributed by atoms with van der Waals surface area (Å²) in [5.74, 6) is 3.02. The summed E-state index contributed by atoms with van der Waals surface area (Å²) in [6, 6.07) is 17.3. The van der Waals surface area contributed by atoms with E-state index in [2.05, 4.69) is 21.4 Å². The average Bonchev–Trinajstić information content (AvgIpc) is 3.18. The molecule has 0 fully saturated rings. The first-order chi connectivity index (χ1) is 12.8. The molecule has 130 valence electrons. The summed E-state index contributed by atoms with van der Waals surface area (Å²) in [7, 11) is 0. The molecule has 1 heterocycles. The minimum Gasteiger partial charge on any atom is -0.481 e. The Labute approximate surface area is 152 Å². The van der Waals surface area contributed by atoms with Gasteiger partial charge in [0.25, 0.3) is 5.91 Å². The van der Waals surface area contributed by atoms with Gasteiger partial charge in [-0.25, -0.2) is 0 Å². The molecular formula is C21H19N3O2. The van der Waals surface area contributed by atoms with Crippen LogP contribution in [0.3, 0.4) is 0 Å². The molecule has 0 atom stereocenters. The van der Waals surface area contributed by atoms with Crippen molar-refractivity contribution < 1.29 is 9.53 Å². The second-order valence-corrected chi connectivity index (χ2v) is 5.67. The maximum atomic E-state index is 12.5. The van der Waals surface area contributed by atoms with Crippen molar-refractivity contribution in [1.82, 2.24) is 15.5 Å². The summed E-state index contributed by atoms with van der Waals surface area (Å²) >= 11 is 0. The number of terminal acetylenes is 1. The van der Waals surface area contributed by atoms with Gasteiger partial charge in [0.15, 0.2) is 0 Å². The van der Waals surface area contributed by atoms with E-state index >= 15 is 0 Å². The van der Waals surface area contributed by atoms with Gasteiger partial charge in [0, 0.05) is 12.1 Å². The molecule has 0 aliphatic rings. The molecule has 0 aliphatic carbocycles. The zero-order chi connectivity index (χ0) is 18.2. The predicted octanol–water partition coefficient (Wildman–Crippen LogP) is 3.06. The minimum absolute atomic E-state index is 0.147. The van der Waals surface area contributed by atoms with Crippen LogP contribution in [0, 0.1) is 12.3 Å². The summed E-state index contributed by atoms with van der Waals surface area (Å²) in [6.07, 6.45) is 7.44. The molecule has 0 saturated heterocycles. The molecule has 0 unspecified atom stereocenters. The number of ether oxygens (including phenoxy) is 1. The van der Waals surface area contributed by atoms with Crippen molar-refractivity contribution in [2.45, 2.75) is 6.42 Å². The number of rotatable bonds is 7. The van der Waals surface area contributed by atoms with Crippen LogP contribution in [0.1, 0.15) is 15.9 Å². The van der Waals surface area contributed by atoms with Gasteiger partial charge in [-0.15, -0.1) is 6.42 Å². The lowest BCUT2D eigenvalue weighted by molar-refractivity contribution is 0.0955. The number of aromatic nitrogens is 2. The number of hydrogen-bond donors (Lipinski definition) is 2. The van der Waals surface area contributed by atoms with Gasteiger partial charge in [0.2, 0.25) is 0 Å². The number of carbonyl (C=O) groups is 1. The molecule has 1 aromatic heterocycles. The molecule has 3 aromatic rings. The molecule has 5 heteroatoms. The van der Waals surface area contributed by atoms with E-state index in [-0.39, 0.29) is 12.5 Å². The van der Waals surface area contributed by atoms with Crippen LogP contribution in [0.4, 0.5) is 0 Å². The Morgan fingerprint density at radius 3 is 2.65 bits per heavy atom. The highest BCUT2D eigenvalue weighted by Crippen LogP contribution is 2.20. The van der Waals surface area contributed by atoms with Crippen LogP contribution in [0.15, 0.2) is 60.8 Å². The Balaban J connectivity index is 1.55. The lowest BCUT2D eigenvalue weighted by Gasteiger charge is -2.07. The highest BCUT2D eigenvalue weighted by atomic mass is 16.5. The van der Waals surface area contributed by atoms with Crippen LogP contribution in [-0.2, 0) is 6.42 Å². The smallest absolute Gasteiger partial charge is 0.255 e. The van der Waals surface area contributed by atoms with Crippen LogP contribution in [0.5, 0.6) is 5.75 Å². The zero-order valence-electron chi connectivity index (χ0n) is 14.2. The van der Waals surface area contributed by atoms with E-state index in [0.29, 0.717) is 12.1 Å². The number of carbonyl (C=O) groups excluding carboxylic acids is 1. The first-order valence-electron chi connectivity index (χ1n) is 8.30. The molecule has 0 saturated carbocycles. The van der Waals surface area contributed by atoms with E-state index in [0.717, 1.165) is 29.0 Å². The fourth-order valence-corrected chi connectivity index (χ4v) is 2.58. The van der Waals surface area contributed by atoms with Gasteiger partial charge in [0.1, 0.15) is 12.4 Å². The second kappa shape index (κ2) is 8.54. The summed E-state index contributed by atoms with van der Waals surface area (Å²) in [5.41, 5.74) is 3.29. The third kappa shape index (κ3) is 4.31. The highest BCUT2D eigenvalue weighted by Gasteiger charge is 2.14. The third-order valence-electron chi connectivity index (χ3n) is 3.89. The number of nitrogens with zero attached hydrogens (tertiary/aromatic N) is 1. The van der Waals surface area contributed by atoms with E-state index in [1.165, 1.54) is 0 Å². The van der Waals surface area contributed by atoms with Crippen molar-refractivity contribution >= 4 is 5.91 Å². The van der Waals surface area contributed by atoms with Crippen LogP contribution in [0.2, 0.25) is 0 Å². The molecule has 5 nitrogen and oxygen atoms in total. The van der Waals surface area contributed by atoms with Gasteiger partial charge in [-0.1, -0.05) is 48.4 Å². The number of benzene rings is 2. The van der Waals surface area contributed by atoms with Crippen molar-refractivity contribution in [1.29, 1.82) is 0 Å². The molecule has 0 aliphatic heterocycles. The van der Waals surface area contributed by atoms with Gasteiger partial charge in [-0.3, -0.25) is 9.89 Å². The fraction of sp³-hybridized carbons (Fsp3) is 0.143. The number of aromatic amines is 1. The number of hydrogen-bond acceptors (Lipinski definition) is 3. The standard InChI is InChI=1S/C21H19N3O2/c1-2-14-26-18-10-8-16(9-11-18)12-13-22-21(25)19-15-23-24-20(19)17-6-4-3-5-7-17/h1,3-11,15H,12-14H2,(H,22,25)(H,23,24). The van der Waals surface area contributed by atoms with Crippen molar-refractivity contribution in [3.8, 4) is 29.4 Å². The van der Waals surface area contributed by atoms with Gasteiger partial charge in [-0.05, 0) is 24.1 Å². The second-order valence-electron chi connectivity index (χ2n) is 5.67. The summed E-state index contributed by atoms with van der Waals surface area (Å²) in [4.78, 5) is 12.5. The van der Waals surface area contributed by atoms with Crippen LogP contribution >= 0.6 is 0 Å². The predicted molar refractivity (Wildman–Crippen MR) is 101 cm³/mol. The topological polar surface area (TPSA) is 67.0 Å². The Morgan fingerprint density at radius 1 is 1.15 bits per heavy atom. The Morgan fingerprint density at radius 2 is 1.92 bits per heavy atom. The largest absolute Gasteiger partial charge is 0.481 e. The molecule has 2 N–H and O–H groups in total. The molecule has 0 spiro atoms. The lowest BCUT2D eigenvalue weighted by atomic mass is 10.1. The van der Waals surface area contributed by atoms with Crippen molar-refractivity contribution in [2.24, 2.45) is 0 Å². The summed E-state index contributed by atoms with van der Waals surface area (Å²) in [5, 5.41) is 9.84. The Hall–Kier alpha value is -3.52. The van der Waals surface area contributed by atoms with E-state index in [4.69, 9.17) is 11.2 Å². The third-order valence-corrected chi connectivity index (χ3v) is 3.89. The molecule has 3 rings (SSSR count). The first-order valence-corrected chi connectivity index (χ1v) is 8.30. The molecular weight excluding hydrogens is 326 g/mol. The Bertz CT molecular complexity index is 893. The van der Waals surface area contributed by atoms with E-state index in [9.17, 15) is 4.79 Å². The van der Waals surface area contributed by atoms with E-state index in [1.54, 1.807) is 6.20 Å². The number of nitrogens with one attached hydrogen (secondary N) is 2. The maximum Gasteiger partial charge on any atom is 0.255 e. The number of H-pyrrole nitrogens is 1. The van der Waals surface area contributed by atoms with E-state index in [1.807, 2.05) is 54.6 Å². The lowest BCUT2D eigenvalue weighted by Crippen LogP contribution is -2.25. The van der Waals surface area contributed by atoms with Crippen LogP contribution in [0.25, 0.3) is 11.3 Å². The van der Waals surface area contributed by atoms with Gasteiger partial charge in [-0.2, -0.15) is 5.10 Å². The molecule has 0 bridgehead atoms. The monoisotopic (exact) mass is 345 g/mol. The van der Waals surface area contributed by atoms with Gasteiger partial charge >= 0.3 is 0 Å². The first kappa shape index (κ1) is 17.3. The van der Waals surface area contributed by atoms with Crippen molar-refractivity contribution in [3.63, 3.8) is 0 Å². The summed E-state index contributed by atoms with van der Waals surface area (Å²) < 4.78 is 5.34. The average molecular weight is 345 g/mol. The Kier molecular flexibility index (Phi) is 5.69. The van der Waals surface area contributed by atoms with Gasteiger partial charge in [0.05, 0.1) is 17.5 Å². The van der Waals surface area contributed by atoms with Crippen molar-refractivity contribution in [3.05, 3.63) is 71.9 Å². The number of amides is 1. The maximum absolute atomic E-state index is 12.5. The van der Waals surface area contributed by atoms with E-state index < -0.39 is 0 Å². The quantitative estimate of drug-likeness (QED) is 0.647. The molecule has 2 aromatic carbocycles.